The summed E-state index contributed by atoms with van der Waals surface area (Å²) in [6.07, 6.45) is 0. The second kappa shape index (κ2) is 4.23. The molecule has 0 aliphatic rings. The maximum Gasteiger partial charge on any atom is 2.00 e. The van der Waals surface area contributed by atoms with Crippen LogP contribution >= 0.6 is 7.82 Å². The van der Waals surface area contributed by atoms with E-state index >= 15 is 0 Å². The molecule has 0 aromatic heterocycles. The van der Waals surface area contributed by atoms with Gasteiger partial charge in [0.25, 0.3) is 0 Å². The average molecular weight is 155 g/mol. The van der Waals surface area contributed by atoms with Crippen LogP contribution < -0.4 is 5.90 Å². The van der Waals surface area contributed by atoms with Crippen LogP contribution in [0.3, 0.4) is 0 Å². The van der Waals surface area contributed by atoms with Crippen molar-refractivity contribution < 1.29 is 21.8 Å². The van der Waals surface area contributed by atoms with Crippen molar-refractivity contribution >= 4 is 45.6 Å². The SMILES string of the molecule is NOP(=O)(O)O.[Ca+2].[H-].[H-]. The molecule has 0 rings (SSSR count). The Morgan fingerprint density at radius 3 is 1.86 bits per heavy atom. The minimum Gasteiger partial charge on any atom is -1.00 e. The molecule has 0 saturated heterocycles. The summed E-state index contributed by atoms with van der Waals surface area (Å²) in [6, 6.07) is 0. The van der Waals surface area contributed by atoms with Crippen molar-refractivity contribution in [2.24, 2.45) is 5.90 Å². The fourth-order valence-corrected chi connectivity index (χ4v) is 0. The molecular formula is H6CaNO4P. The molecule has 7 heteroatoms. The van der Waals surface area contributed by atoms with Gasteiger partial charge in [-0.05, 0) is 0 Å². The Morgan fingerprint density at radius 1 is 1.71 bits per heavy atom. The maximum absolute atomic E-state index is 9.35. The molecule has 0 spiro atoms. The summed E-state index contributed by atoms with van der Waals surface area (Å²) in [5.41, 5.74) is 0. The predicted octanol–water partition coefficient (Wildman–Crippen LogP) is -1.19. The van der Waals surface area contributed by atoms with Crippen LogP contribution in [0, 0.1) is 0 Å². The molecule has 0 aromatic rings. The number of hydrogen-bond donors (Lipinski definition) is 3. The van der Waals surface area contributed by atoms with E-state index in [-0.39, 0.29) is 40.6 Å². The van der Waals surface area contributed by atoms with Gasteiger partial charge < -0.3 is 12.6 Å². The molecule has 0 unspecified atom stereocenters. The number of nitrogens with two attached hydrogens (primary N) is 1. The summed E-state index contributed by atoms with van der Waals surface area (Å²) in [5.74, 6) is 4.04. The number of phosphoric acid groups is 1. The van der Waals surface area contributed by atoms with Crippen molar-refractivity contribution in [2.45, 2.75) is 0 Å². The Morgan fingerprint density at radius 2 is 1.86 bits per heavy atom. The number of hydrogen-bond acceptors (Lipinski definition) is 3. The summed E-state index contributed by atoms with van der Waals surface area (Å²) in [7, 11) is -4.37. The van der Waals surface area contributed by atoms with E-state index < -0.39 is 7.82 Å². The van der Waals surface area contributed by atoms with Gasteiger partial charge in [-0.15, -0.1) is 0 Å². The third-order valence-electron chi connectivity index (χ3n) is 0.137. The van der Waals surface area contributed by atoms with Crippen LogP contribution in [0.5, 0.6) is 0 Å². The van der Waals surface area contributed by atoms with Crippen molar-refractivity contribution in [2.75, 3.05) is 0 Å². The monoisotopic (exact) mass is 155 g/mol. The molecule has 42 valence electrons. The normalized spacial score (nSPS) is 10.1. The van der Waals surface area contributed by atoms with E-state index in [2.05, 4.69) is 10.5 Å². The second-order valence-corrected chi connectivity index (χ2v) is 1.79. The van der Waals surface area contributed by atoms with E-state index in [1.807, 2.05) is 0 Å². The molecule has 0 atom stereocenters. The minimum atomic E-state index is -4.37. The van der Waals surface area contributed by atoms with Gasteiger partial charge >= 0.3 is 45.6 Å². The van der Waals surface area contributed by atoms with E-state index in [0.717, 1.165) is 0 Å². The summed E-state index contributed by atoms with van der Waals surface area (Å²) in [6.45, 7) is 0. The van der Waals surface area contributed by atoms with E-state index in [1.54, 1.807) is 0 Å². The van der Waals surface area contributed by atoms with Crippen molar-refractivity contribution in [3.05, 3.63) is 0 Å². The van der Waals surface area contributed by atoms with Gasteiger partial charge in [-0.1, -0.05) is 0 Å². The van der Waals surface area contributed by atoms with Gasteiger partial charge in [0.05, 0.1) is 0 Å². The Hall–Kier alpha value is 1.33. The third-order valence-corrected chi connectivity index (χ3v) is 0.412. The van der Waals surface area contributed by atoms with Crippen LogP contribution in [0.1, 0.15) is 2.85 Å². The Bertz CT molecular complexity index is 82.6. The maximum atomic E-state index is 9.35. The van der Waals surface area contributed by atoms with E-state index in [4.69, 9.17) is 9.79 Å². The van der Waals surface area contributed by atoms with Gasteiger partial charge in [0.15, 0.2) is 0 Å². The fraction of sp³-hybridized carbons (Fsp3) is 0. The van der Waals surface area contributed by atoms with Gasteiger partial charge in [0.2, 0.25) is 0 Å². The topological polar surface area (TPSA) is 92.8 Å². The van der Waals surface area contributed by atoms with Crippen LogP contribution in [0.25, 0.3) is 0 Å². The first-order chi connectivity index (χ1) is 2.56. The second-order valence-electron chi connectivity index (χ2n) is 0.596. The summed E-state index contributed by atoms with van der Waals surface area (Å²) in [4.78, 5) is 15.2. The molecule has 0 aromatic carbocycles. The molecule has 0 bridgehead atoms. The smallest absolute Gasteiger partial charge is 1.00 e. The molecule has 4 N–H and O–H groups in total. The fourth-order valence-electron chi connectivity index (χ4n) is 0. The van der Waals surface area contributed by atoms with E-state index in [9.17, 15) is 4.57 Å². The van der Waals surface area contributed by atoms with Crippen LogP contribution in [-0.4, -0.2) is 47.5 Å². The Balaban J connectivity index is -0.0000000417. The van der Waals surface area contributed by atoms with Crippen molar-refractivity contribution in [1.82, 2.24) is 0 Å². The molecule has 5 nitrogen and oxygen atoms in total. The molecule has 0 fully saturated rings. The number of rotatable bonds is 1. The Kier molecular flexibility index (Phi) is 6.75. The zero-order valence-electron chi connectivity index (χ0n) is 5.44. The molecule has 0 aliphatic heterocycles. The van der Waals surface area contributed by atoms with Gasteiger partial charge in [-0.3, -0.25) is 0 Å². The van der Waals surface area contributed by atoms with Gasteiger partial charge in [0, 0.05) is 0 Å². The standard InChI is InChI=1S/Ca.H4NO4P.2H/c;1-5-6(2,3)4;;/h;1H2,(H2,2,3,4);;/q+2;;2*-1. The Labute approximate surface area is 73.0 Å². The summed E-state index contributed by atoms with van der Waals surface area (Å²) < 4.78 is 12.5. The predicted molar refractivity (Wildman–Crippen MR) is 25.3 cm³/mol. The first-order valence-corrected chi connectivity index (χ1v) is 2.53. The molecule has 0 saturated carbocycles. The minimum absolute atomic E-state index is 0. The van der Waals surface area contributed by atoms with Crippen LogP contribution in [0.15, 0.2) is 0 Å². The zero-order chi connectivity index (χ0) is 5.21. The molecule has 0 amide bonds. The van der Waals surface area contributed by atoms with Gasteiger partial charge in [-0.25, -0.2) is 15.1 Å². The third kappa shape index (κ3) is 11.1. The van der Waals surface area contributed by atoms with Crippen LogP contribution in [0.2, 0.25) is 0 Å². The quantitative estimate of drug-likeness (QED) is 0.251. The van der Waals surface area contributed by atoms with Crippen molar-refractivity contribution in [3.8, 4) is 0 Å². The van der Waals surface area contributed by atoms with Gasteiger partial charge in [-0.2, -0.15) is 0 Å². The first-order valence-electron chi connectivity index (χ1n) is 1.00. The van der Waals surface area contributed by atoms with Gasteiger partial charge in [0.1, 0.15) is 0 Å². The average Bonchev–Trinajstić information content (AvgIpc) is 1.35. The zero-order valence-corrected chi connectivity index (χ0v) is 6.55. The summed E-state index contributed by atoms with van der Waals surface area (Å²) >= 11 is 0. The molecule has 0 radical (unpaired) electrons. The van der Waals surface area contributed by atoms with Crippen LogP contribution in [0.4, 0.5) is 0 Å². The summed E-state index contributed by atoms with van der Waals surface area (Å²) in [5, 5.41) is 0. The van der Waals surface area contributed by atoms with Crippen molar-refractivity contribution in [3.63, 3.8) is 0 Å². The van der Waals surface area contributed by atoms with Crippen molar-refractivity contribution in [1.29, 1.82) is 0 Å². The molecule has 0 heterocycles. The van der Waals surface area contributed by atoms with E-state index in [1.165, 1.54) is 0 Å². The largest absolute Gasteiger partial charge is 2.00 e. The van der Waals surface area contributed by atoms with E-state index in [0.29, 0.717) is 0 Å². The molecule has 7 heavy (non-hydrogen) atoms. The molecular weight excluding hydrogens is 149 g/mol. The van der Waals surface area contributed by atoms with Crippen LogP contribution in [-0.2, 0) is 9.19 Å². The first kappa shape index (κ1) is 11.2. The molecule has 0 aliphatic carbocycles.